The third kappa shape index (κ3) is 2.84. The van der Waals surface area contributed by atoms with Crippen molar-refractivity contribution in [2.75, 3.05) is 23.0 Å². The standard InChI is InChI=1S/C21H18F2N6O2S/c22-15-5-12(28-8-18(31-20(28)30)29-4-3-26-27-29)6-16(23)19(15)11-1-2-17(25-7-11)21(24)13-9-32-10-14(13)21/h1-7,13-14,18H,8-10,24H2/t13-,14+,18?,21?. The maximum atomic E-state index is 15.0. The minimum absolute atomic E-state index is 0.0515. The topological polar surface area (TPSA) is 99.2 Å². The molecule has 2 unspecified atom stereocenters. The lowest BCUT2D eigenvalue weighted by Crippen LogP contribution is -2.28. The molecule has 2 saturated heterocycles. The number of nitrogens with two attached hydrogens (primary N) is 1. The molecular weight excluding hydrogens is 438 g/mol. The van der Waals surface area contributed by atoms with Crippen molar-refractivity contribution in [3.05, 3.63) is 60.2 Å². The highest BCUT2D eigenvalue weighted by Crippen LogP contribution is 2.62. The van der Waals surface area contributed by atoms with Crippen molar-refractivity contribution in [3.63, 3.8) is 0 Å². The van der Waals surface area contributed by atoms with E-state index in [2.05, 4.69) is 15.3 Å². The van der Waals surface area contributed by atoms with Crippen molar-refractivity contribution in [1.82, 2.24) is 20.0 Å². The molecule has 32 heavy (non-hydrogen) atoms. The molecule has 1 aromatic carbocycles. The molecule has 3 aromatic rings. The van der Waals surface area contributed by atoms with Crippen LogP contribution in [0.2, 0.25) is 0 Å². The number of cyclic esters (lactones) is 1. The molecule has 0 bridgehead atoms. The number of pyridine rings is 1. The first-order valence-electron chi connectivity index (χ1n) is 10.1. The predicted molar refractivity (Wildman–Crippen MR) is 113 cm³/mol. The van der Waals surface area contributed by atoms with Crippen molar-refractivity contribution in [3.8, 4) is 11.1 Å². The lowest BCUT2D eigenvalue weighted by atomic mass is 10.0. The molecule has 3 fully saturated rings. The Morgan fingerprint density at radius 3 is 2.56 bits per heavy atom. The Morgan fingerprint density at radius 2 is 1.94 bits per heavy atom. The van der Waals surface area contributed by atoms with Gasteiger partial charge in [-0.1, -0.05) is 11.3 Å². The first kappa shape index (κ1) is 19.6. The fourth-order valence-electron chi connectivity index (χ4n) is 4.73. The van der Waals surface area contributed by atoms with Crippen molar-refractivity contribution < 1.29 is 18.3 Å². The van der Waals surface area contributed by atoms with E-state index in [0.717, 1.165) is 34.2 Å². The number of hydrogen-bond donors (Lipinski definition) is 1. The van der Waals surface area contributed by atoms with Crippen LogP contribution in [0, 0.1) is 23.5 Å². The lowest BCUT2D eigenvalue weighted by molar-refractivity contribution is 0.0922. The summed E-state index contributed by atoms with van der Waals surface area (Å²) in [4.78, 5) is 17.8. The van der Waals surface area contributed by atoms with Gasteiger partial charge in [0.15, 0.2) is 0 Å². The summed E-state index contributed by atoms with van der Waals surface area (Å²) in [5.74, 6) is 1.28. The van der Waals surface area contributed by atoms with Gasteiger partial charge in [-0.2, -0.15) is 11.8 Å². The molecule has 2 aliphatic heterocycles. The summed E-state index contributed by atoms with van der Waals surface area (Å²) in [7, 11) is 0. The van der Waals surface area contributed by atoms with E-state index in [9.17, 15) is 13.6 Å². The molecule has 11 heteroatoms. The van der Waals surface area contributed by atoms with Gasteiger partial charge in [-0.15, -0.1) is 5.10 Å². The van der Waals surface area contributed by atoms with E-state index in [1.807, 2.05) is 11.8 Å². The van der Waals surface area contributed by atoms with Gasteiger partial charge in [-0.25, -0.2) is 18.3 Å². The summed E-state index contributed by atoms with van der Waals surface area (Å²) in [5.41, 5.74) is 7.03. The van der Waals surface area contributed by atoms with Crippen LogP contribution in [-0.4, -0.2) is 44.1 Å². The van der Waals surface area contributed by atoms with Gasteiger partial charge in [0.25, 0.3) is 0 Å². The lowest BCUT2D eigenvalue weighted by Gasteiger charge is -2.17. The van der Waals surface area contributed by atoms with Crippen molar-refractivity contribution >= 4 is 23.5 Å². The number of thioether (sulfide) groups is 1. The Bertz CT molecular complexity index is 1170. The van der Waals surface area contributed by atoms with Gasteiger partial charge in [-0.05, 0) is 41.5 Å². The number of anilines is 1. The number of fused-ring (bicyclic) bond motifs is 1. The van der Waals surface area contributed by atoms with E-state index in [4.69, 9.17) is 10.5 Å². The van der Waals surface area contributed by atoms with Gasteiger partial charge < -0.3 is 10.5 Å². The number of halogens is 2. The van der Waals surface area contributed by atoms with Crippen molar-refractivity contribution in [2.45, 2.75) is 11.8 Å². The van der Waals surface area contributed by atoms with Crippen LogP contribution in [0.25, 0.3) is 11.1 Å². The summed E-state index contributed by atoms with van der Waals surface area (Å²) in [6.45, 7) is 0.0515. The number of ether oxygens (including phenoxy) is 1. The van der Waals surface area contributed by atoms with Crippen LogP contribution in [0.3, 0.4) is 0 Å². The van der Waals surface area contributed by atoms with Crippen LogP contribution >= 0.6 is 11.8 Å². The van der Waals surface area contributed by atoms with Crippen LogP contribution in [0.15, 0.2) is 42.9 Å². The van der Waals surface area contributed by atoms with Gasteiger partial charge in [-0.3, -0.25) is 9.88 Å². The molecule has 4 heterocycles. The van der Waals surface area contributed by atoms with Crippen LogP contribution in [-0.2, 0) is 10.3 Å². The predicted octanol–water partition coefficient (Wildman–Crippen LogP) is 2.92. The van der Waals surface area contributed by atoms with E-state index in [1.54, 1.807) is 18.3 Å². The molecule has 6 rings (SSSR count). The Balaban J connectivity index is 1.26. The van der Waals surface area contributed by atoms with E-state index < -0.39 is 29.5 Å². The van der Waals surface area contributed by atoms with E-state index >= 15 is 0 Å². The van der Waals surface area contributed by atoms with Gasteiger partial charge in [0.05, 0.1) is 35.2 Å². The number of carbonyl (C=O) groups excluding carboxylic acids is 1. The Hall–Kier alpha value is -3.05. The SMILES string of the molecule is NC1(c2ccc(-c3c(F)cc(N4CC(n5ccnn5)OC4=O)cc3F)cn2)[C@@H]2CSC[C@@H]21. The number of aromatic nitrogens is 4. The van der Waals surface area contributed by atoms with Crippen LogP contribution < -0.4 is 10.6 Å². The normalized spacial score (nSPS) is 28.7. The highest BCUT2D eigenvalue weighted by Gasteiger charge is 2.66. The van der Waals surface area contributed by atoms with Crippen LogP contribution in [0.5, 0.6) is 0 Å². The third-order valence-electron chi connectivity index (χ3n) is 6.56. The maximum Gasteiger partial charge on any atom is 0.416 e. The van der Waals surface area contributed by atoms with E-state index in [0.29, 0.717) is 17.4 Å². The Kier molecular flexibility index (Phi) is 4.28. The summed E-state index contributed by atoms with van der Waals surface area (Å²) >= 11 is 1.89. The number of nitrogens with zero attached hydrogens (tertiary/aromatic N) is 5. The highest BCUT2D eigenvalue weighted by molar-refractivity contribution is 7.99. The fraction of sp³-hybridized carbons (Fsp3) is 0.333. The monoisotopic (exact) mass is 456 g/mol. The molecule has 4 atom stereocenters. The van der Waals surface area contributed by atoms with E-state index in [1.165, 1.54) is 17.1 Å². The molecule has 0 radical (unpaired) electrons. The second-order valence-electron chi connectivity index (χ2n) is 8.23. The quantitative estimate of drug-likeness (QED) is 0.644. The Labute approximate surface area is 185 Å². The molecule has 164 valence electrons. The number of amides is 1. The van der Waals surface area contributed by atoms with Crippen molar-refractivity contribution in [1.29, 1.82) is 0 Å². The minimum Gasteiger partial charge on any atom is -0.421 e. The number of rotatable bonds is 4. The maximum absolute atomic E-state index is 15.0. The third-order valence-corrected chi connectivity index (χ3v) is 7.75. The summed E-state index contributed by atoms with van der Waals surface area (Å²) in [6.07, 6.45) is 3.00. The van der Waals surface area contributed by atoms with Gasteiger partial charge >= 0.3 is 6.09 Å². The molecular formula is C21H18F2N6O2S. The number of benzene rings is 1. The second kappa shape index (κ2) is 6.97. The molecule has 1 saturated carbocycles. The van der Waals surface area contributed by atoms with E-state index in [-0.39, 0.29) is 17.8 Å². The number of hydrogen-bond acceptors (Lipinski definition) is 7. The summed E-state index contributed by atoms with van der Waals surface area (Å²) in [6, 6.07) is 5.63. The number of carbonyl (C=O) groups is 1. The molecule has 3 aliphatic rings. The first-order valence-corrected chi connectivity index (χ1v) is 11.3. The Morgan fingerprint density at radius 1 is 1.19 bits per heavy atom. The zero-order valence-electron chi connectivity index (χ0n) is 16.7. The van der Waals surface area contributed by atoms with Crippen LogP contribution in [0.4, 0.5) is 19.3 Å². The van der Waals surface area contributed by atoms with Crippen molar-refractivity contribution in [2.24, 2.45) is 17.6 Å². The molecule has 2 aromatic heterocycles. The summed E-state index contributed by atoms with van der Waals surface area (Å²) in [5, 5.41) is 7.47. The molecule has 8 nitrogen and oxygen atoms in total. The molecule has 2 N–H and O–H groups in total. The average molecular weight is 456 g/mol. The zero-order chi connectivity index (χ0) is 22.0. The zero-order valence-corrected chi connectivity index (χ0v) is 17.5. The molecule has 1 aliphatic carbocycles. The van der Waals surface area contributed by atoms with Gasteiger partial charge in [0.2, 0.25) is 6.23 Å². The minimum atomic E-state index is -0.797. The summed E-state index contributed by atoms with van der Waals surface area (Å²) < 4.78 is 36.6. The van der Waals surface area contributed by atoms with Crippen LogP contribution in [0.1, 0.15) is 11.9 Å². The molecule has 0 spiro atoms. The van der Waals surface area contributed by atoms with Gasteiger partial charge in [0, 0.05) is 18.0 Å². The molecule has 1 amide bonds. The van der Waals surface area contributed by atoms with Gasteiger partial charge in [0.1, 0.15) is 11.6 Å². The second-order valence-corrected chi connectivity index (χ2v) is 9.31. The highest BCUT2D eigenvalue weighted by atomic mass is 32.2. The fourth-order valence-corrected chi connectivity index (χ4v) is 6.39. The largest absolute Gasteiger partial charge is 0.421 e. The smallest absolute Gasteiger partial charge is 0.416 e. The first-order chi connectivity index (χ1) is 15.5. The average Bonchev–Trinajstić information content (AvgIpc) is 3.36.